The summed E-state index contributed by atoms with van der Waals surface area (Å²) in [4.78, 5) is 2.46. The number of benzene rings is 1. The lowest BCUT2D eigenvalue weighted by Crippen LogP contribution is -2.27. The van der Waals surface area contributed by atoms with Crippen molar-refractivity contribution in [2.75, 3.05) is 24.5 Å². The molecule has 0 bridgehead atoms. The number of rotatable bonds is 4. The van der Waals surface area contributed by atoms with Crippen LogP contribution in [0.1, 0.15) is 57.6 Å². The van der Waals surface area contributed by atoms with Gasteiger partial charge in [-0.15, -0.1) is 0 Å². The monoisotopic (exact) mass is 294 g/mol. The molecule has 0 aromatic heterocycles. The molecule has 0 saturated carbocycles. The highest BCUT2D eigenvalue weighted by atomic mass is 35.5. The smallest absolute Gasteiger partial charge is 0.0642 e. The average molecular weight is 295 g/mol. The molecular formula is C17H27ClN2. The molecule has 2 rings (SSSR count). The number of anilines is 1. The summed E-state index contributed by atoms with van der Waals surface area (Å²) in [6, 6.07) is 6.91. The van der Waals surface area contributed by atoms with Gasteiger partial charge < -0.3 is 10.2 Å². The second kappa shape index (κ2) is 7.90. The van der Waals surface area contributed by atoms with Crippen LogP contribution in [0.25, 0.3) is 0 Å². The van der Waals surface area contributed by atoms with E-state index in [4.69, 9.17) is 11.6 Å². The molecule has 1 aliphatic rings. The molecule has 112 valence electrons. The van der Waals surface area contributed by atoms with E-state index in [2.05, 4.69) is 42.3 Å². The molecule has 1 atom stereocenters. The van der Waals surface area contributed by atoms with E-state index < -0.39 is 0 Å². The van der Waals surface area contributed by atoms with Gasteiger partial charge in [-0.2, -0.15) is 0 Å². The van der Waals surface area contributed by atoms with Crippen molar-refractivity contribution < 1.29 is 0 Å². The van der Waals surface area contributed by atoms with Crippen LogP contribution < -0.4 is 10.2 Å². The predicted octanol–water partition coefficient (Wildman–Crippen LogP) is 4.78. The summed E-state index contributed by atoms with van der Waals surface area (Å²) in [5, 5.41) is 4.33. The molecule has 1 aromatic carbocycles. The highest BCUT2D eigenvalue weighted by molar-refractivity contribution is 6.33. The van der Waals surface area contributed by atoms with Crippen LogP contribution in [0, 0.1) is 0 Å². The van der Waals surface area contributed by atoms with E-state index in [0.717, 1.165) is 24.7 Å². The van der Waals surface area contributed by atoms with Gasteiger partial charge in [0, 0.05) is 19.1 Å². The van der Waals surface area contributed by atoms with Crippen molar-refractivity contribution in [2.45, 2.75) is 52.0 Å². The normalized spacial score (nSPS) is 18.4. The Balaban J connectivity index is 2.11. The average Bonchev–Trinajstić information content (AvgIpc) is 2.39. The molecule has 0 radical (unpaired) electrons. The third-order valence-corrected chi connectivity index (χ3v) is 4.48. The highest BCUT2D eigenvalue weighted by Crippen LogP contribution is 2.30. The first-order chi connectivity index (χ1) is 9.72. The van der Waals surface area contributed by atoms with Gasteiger partial charge in [-0.3, -0.25) is 0 Å². The Bertz CT molecular complexity index is 411. The zero-order valence-corrected chi connectivity index (χ0v) is 13.5. The largest absolute Gasteiger partial charge is 0.370 e. The van der Waals surface area contributed by atoms with Crippen molar-refractivity contribution in [2.24, 2.45) is 0 Å². The van der Waals surface area contributed by atoms with E-state index in [1.807, 2.05) is 0 Å². The van der Waals surface area contributed by atoms with Crippen LogP contribution in [0.5, 0.6) is 0 Å². The second-order valence-electron chi connectivity index (χ2n) is 5.75. The SMILES string of the molecule is CCNC(C)c1ccc(N2CCCCCCC2)c(Cl)c1. The van der Waals surface area contributed by atoms with Crippen LogP contribution in [0.15, 0.2) is 18.2 Å². The maximum atomic E-state index is 6.53. The van der Waals surface area contributed by atoms with Gasteiger partial charge in [0.15, 0.2) is 0 Å². The molecular weight excluding hydrogens is 268 g/mol. The van der Waals surface area contributed by atoms with Gasteiger partial charge in [0.05, 0.1) is 10.7 Å². The number of nitrogens with one attached hydrogen (secondary N) is 1. The van der Waals surface area contributed by atoms with Crippen molar-refractivity contribution in [3.8, 4) is 0 Å². The van der Waals surface area contributed by atoms with Crippen LogP contribution in [0.4, 0.5) is 5.69 Å². The third kappa shape index (κ3) is 4.13. The van der Waals surface area contributed by atoms with Crippen LogP contribution in [0.2, 0.25) is 5.02 Å². The fraction of sp³-hybridized carbons (Fsp3) is 0.647. The summed E-state index contributed by atoms with van der Waals surface area (Å²) in [5.41, 5.74) is 2.48. The van der Waals surface area contributed by atoms with Crippen LogP contribution in [-0.2, 0) is 0 Å². The number of halogens is 1. The first kappa shape index (κ1) is 15.7. The van der Waals surface area contributed by atoms with Gasteiger partial charge in [-0.25, -0.2) is 0 Å². The fourth-order valence-electron chi connectivity index (χ4n) is 2.96. The summed E-state index contributed by atoms with van der Waals surface area (Å²) in [5.74, 6) is 0. The summed E-state index contributed by atoms with van der Waals surface area (Å²) in [7, 11) is 0. The molecule has 20 heavy (non-hydrogen) atoms. The fourth-order valence-corrected chi connectivity index (χ4v) is 3.27. The standard InChI is InChI=1S/C17H27ClN2/c1-3-19-14(2)15-9-10-17(16(18)13-15)20-11-7-5-4-6-8-12-20/h9-10,13-14,19H,3-8,11-12H2,1-2H3. The number of hydrogen-bond donors (Lipinski definition) is 1. The number of nitrogens with zero attached hydrogens (tertiary/aromatic N) is 1. The predicted molar refractivity (Wildman–Crippen MR) is 88.8 cm³/mol. The maximum Gasteiger partial charge on any atom is 0.0642 e. The zero-order valence-electron chi connectivity index (χ0n) is 12.8. The van der Waals surface area contributed by atoms with Gasteiger partial charge in [0.1, 0.15) is 0 Å². The minimum Gasteiger partial charge on any atom is -0.370 e. The lowest BCUT2D eigenvalue weighted by Gasteiger charge is -2.28. The molecule has 1 aliphatic heterocycles. The van der Waals surface area contributed by atoms with Gasteiger partial charge in [-0.05, 0) is 44.0 Å². The Morgan fingerprint density at radius 3 is 2.40 bits per heavy atom. The summed E-state index contributed by atoms with van der Waals surface area (Å²) < 4.78 is 0. The minimum absolute atomic E-state index is 0.360. The first-order valence-corrected chi connectivity index (χ1v) is 8.38. The second-order valence-corrected chi connectivity index (χ2v) is 6.15. The Hall–Kier alpha value is -0.730. The Kier molecular flexibility index (Phi) is 6.18. The Labute approximate surface area is 128 Å². The molecule has 0 amide bonds. The van der Waals surface area contributed by atoms with Gasteiger partial charge in [0.2, 0.25) is 0 Å². The molecule has 0 spiro atoms. The van der Waals surface area contributed by atoms with Gasteiger partial charge in [-0.1, -0.05) is 43.9 Å². The molecule has 1 aromatic rings. The van der Waals surface area contributed by atoms with Crippen LogP contribution in [0.3, 0.4) is 0 Å². The summed E-state index contributed by atoms with van der Waals surface area (Å²) in [6.07, 6.45) is 6.66. The molecule has 2 nitrogen and oxygen atoms in total. The molecule has 1 heterocycles. The molecule has 0 aliphatic carbocycles. The number of hydrogen-bond acceptors (Lipinski definition) is 2. The van der Waals surface area contributed by atoms with Crippen molar-refractivity contribution in [3.05, 3.63) is 28.8 Å². The van der Waals surface area contributed by atoms with Crippen molar-refractivity contribution in [3.63, 3.8) is 0 Å². The van der Waals surface area contributed by atoms with Gasteiger partial charge >= 0.3 is 0 Å². The van der Waals surface area contributed by atoms with Crippen molar-refractivity contribution in [1.29, 1.82) is 0 Å². The Morgan fingerprint density at radius 1 is 1.15 bits per heavy atom. The summed E-state index contributed by atoms with van der Waals surface area (Å²) >= 11 is 6.53. The van der Waals surface area contributed by atoms with Crippen molar-refractivity contribution in [1.82, 2.24) is 5.32 Å². The van der Waals surface area contributed by atoms with Crippen LogP contribution in [-0.4, -0.2) is 19.6 Å². The van der Waals surface area contributed by atoms with Crippen molar-refractivity contribution >= 4 is 17.3 Å². The van der Waals surface area contributed by atoms with E-state index in [0.29, 0.717) is 6.04 Å². The lowest BCUT2D eigenvalue weighted by molar-refractivity contribution is 0.556. The van der Waals surface area contributed by atoms with Gasteiger partial charge in [0.25, 0.3) is 0 Å². The van der Waals surface area contributed by atoms with E-state index in [9.17, 15) is 0 Å². The molecule has 3 heteroatoms. The zero-order chi connectivity index (χ0) is 14.4. The summed E-state index contributed by atoms with van der Waals surface area (Å²) in [6.45, 7) is 7.58. The van der Waals surface area contributed by atoms with E-state index in [-0.39, 0.29) is 0 Å². The molecule has 1 unspecified atom stereocenters. The van der Waals surface area contributed by atoms with Crippen LogP contribution >= 0.6 is 11.6 Å². The lowest BCUT2D eigenvalue weighted by atomic mass is 10.1. The van der Waals surface area contributed by atoms with E-state index in [1.165, 1.54) is 43.4 Å². The topological polar surface area (TPSA) is 15.3 Å². The third-order valence-electron chi connectivity index (χ3n) is 4.18. The highest BCUT2D eigenvalue weighted by Gasteiger charge is 2.14. The first-order valence-electron chi connectivity index (χ1n) is 8.00. The molecule has 1 N–H and O–H groups in total. The molecule has 1 fully saturated rings. The maximum absolute atomic E-state index is 6.53. The van der Waals surface area contributed by atoms with E-state index >= 15 is 0 Å². The minimum atomic E-state index is 0.360. The van der Waals surface area contributed by atoms with E-state index in [1.54, 1.807) is 0 Å². The quantitative estimate of drug-likeness (QED) is 0.859. The molecule has 1 saturated heterocycles. The Morgan fingerprint density at radius 2 is 1.80 bits per heavy atom.